The molecule has 0 aliphatic carbocycles. The molecule has 5 nitrogen and oxygen atoms in total. The first-order valence-corrected chi connectivity index (χ1v) is 5.79. The standard InChI is InChI=1S/C12H12ClN3O2/c1-2-18-12(17)9-7-11(14)16(15-9)10-6-4-3-5-8(10)13/h3-7H,2,14H2,1H3. The summed E-state index contributed by atoms with van der Waals surface area (Å²) in [5, 5.41) is 4.59. The second-order valence-corrected chi connectivity index (χ2v) is 3.95. The molecule has 0 saturated carbocycles. The Hall–Kier alpha value is -2.01. The summed E-state index contributed by atoms with van der Waals surface area (Å²) < 4.78 is 6.27. The summed E-state index contributed by atoms with van der Waals surface area (Å²) in [6, 6.07) is 8.56. The summed E-state index contributed by atoms with van der Waals surface area (Å²) in [6.45, 7) is 2.02. The van der Waals surface area contributed by atoms with Gasteiger partial charge in [0.15, 0.2) is 5.69 Å². The molecule has 0 aliphatic rings. The average Bonchev–Trinajstić information content (AvgIpc) is 2.72. The summed E-state index contributed by atoms with van der Waals surface area (Å²) in [6.07, 6.45) is 0. The Labute approximate surface area is 109 Å². The summed E-state index contributed by atoms with van der Waals surface area (Å²) in [4.78, 5) is 11.5. The monoisotopic (exact) mass is 265 g/mol. The van der Waals surface area contributed by atoms with E-state index in [4.69, 9.17) is 22.1 Å². The number of ether oxygens (including phenoxy) is 1. The van der Waals surface area contributed by atoms with E-state index in [0.717, 1.165) is 0 Å². The molecule has 1 heterocycles. The van der Waals surface area contributed by atoms with Gasteiger partial charge in [-0.25, -0.2) is 9.48 Å². The predicted molar refractivity (Wildman–Crippen MR) is 68.9 cm³/mol. The minimum absolute atomic E-state index is 0.161. The zero-order valence-corrected chi connectivity index (χ0v) is 10.5. The van der Waals surface area contributed by atoms with Gasteiger partial charge in [0.25, 0.3) is 0 Å². The second kappa shape index (κ2) is 5.10. The minimum atomic E-state index is -0.505. The highest BCUT2D eigenvalue weighted by Gasteiger charge is 2.15. The predicted octanol–water partition coefficient (Wildman–Crippen LogP) is 2.28. The lowest BCUT2D eigenvalue weighted by atomic mass is 10.3. The summed E-state index contributed by atoms with van der Waals surface area (Å²) >= 11 is 6.05. The molecule has 0 aliphatic heterocycles. The Morgan fingerprint density at radius 2 is 2.22 bits per heavy atom. The lowest BCUT2D eigenvalue weighted by Crippen LogP contribution is -2.07. The number of nitrogens with zero attached hydrogens (tertiary/aromatic N) is 2. The van der Waals surface area contributed by atoms with Crippen LogP contribution in [0.4, 0.5) is 5.82 Å². The fourth-order valence-corrected chi connectivity index (χ4v) is 1.73. The van der Waals surface area contributed by atoms with E-state index in [9.17, 15) is 4.79 Å². The van der Waals surface area contributed by atoms with Gasteiger partial charge in [-0.2, -0.15) is 5.10 Å². The fraction of sp³-hybridized carbons (Fsp3) is 0.167. The van der Waals surface area contributed by atoms with E-state index in [1.807, 2.05) is 6.07 Å². The zero-order chi connectivity index (χ0) is 13.1. The third kappa shape index (κ3) is 2.31. The highest BCUT2D eigenvalue weighted by molar-refractivity contribution is 6.32. The molecule has 0 fully saturated rings. The molecule has 18 heavy (non-hydrogen) atoms. The van der Waals surface area contributed by atoms with Crippen molar-refractivity contribution in [2.45, 2.75) is 6.92 Å². The van der Waals surface area contributed by atoms with Crippen LogP contribution < -0.4 is 5.73 Å². The first kappa shape index (κ1) is 12.4. The number of aromatic nitrogens is 2. The number of esters is 1. The van der Waals surface area contributed by atoms with Crippen molar-refractivity contribution in [1.29, 1.82) is 0 Å². The fourth-order valence-electron chi connectivity index (χ4n) is 1.52. The van der Waals surface area contributed by atoms with E-state index in [-0.39, 0.29) is 12.3 Å². The van der Waals surface area contributed by atoms with Gasteiger partial charge >= 0.3 is 5.97 Å². The normalized spacial score (nSPS) is 10.3. The first-order valence-electron chi connectivity index (χ1n) is 5.41. The molecule has 0 amide bonds. The molecular formula is C12H12ClN3O2. The van der Waals surface area contributed by atoms with Crippen LogP contribution in [0.5, 0.6) is 0 Å². The van der Waals surface area contributed by atoms with Crippen LogP contribution in [-0.2, 0) is 4.74 Å². The molecule has 6 heteroatoms. The Kier molecular flexibility index (Phi) is 3.53. The van der Waals surface area contributed by atoms with Crippen molar-refractivity contribution in [3.8, 4) is 5.69 Å². The van der Waals surface area contributed by atoms with Gasteiger partial charge in [-0.05, 0) is 19.1 Å². The maximum Gasteiger partial charge on any atom is 0.358 e. The van der Waals surface area contributed by atoms with Gasteiger partial charge in [-0.1, -0.05) is 23.7 Å². The maximum atomic E-state index is 11.5. The quantitative estimate of drug-likeness (QED) is 0.865. The summed E-state index contributed by atoms with van der Waals surface area (Å²) in [5.41, 5.74) is 6.59. The number of anilines is 1. The van der Waals surface area contributed by atoms with Gasteiger partial charge in [-0.3, -0.25) is 0 Å². The molecule has 2 rings (SSSR count). The van der Waals surface area contributed by atoms with E-state index < -0.39 is 5.97 Å². The van der Waals surface area contributed by atoms with Crippen molar-refractivity contribution in [1.82, 2.24) is 9.78 Å². The maximum absolute atomic E-state index is 11.5. The molecule has 0 unspecified atom stereocenters. The number of carbonyl (C=O) groups is 1. The number of nitrogens with two attached hydrogens (primary N) is 1. The molecule has 0 saturated heterocycles. The van der Waals surface area contributed by atoms with Gasteiger partial charge in [0, 0.05) is 6.07 Å². The van der Waals surface area contributed by atoms with Crippen LogP contribution in [0.3, 0.4) is 0 Å². The van der Waals surface area contributed by atoms with Crippen LogP contribution in [0, 0.1) is 0 Å². The van der Waals surface area contributed by atoms with E-state index in [0.29, 0.717) is 16.5 Å². The first-order chi connectivity index (χ1) is 8.63. The van der Waals surface area contributed by atoms with Gasteiger partial charge in [0.1, 0.15) is 5.82 Å². The Morgan fingerprint density at radius 1 is 1.50 bits per heavy atom. The second-order valence-electron chi connectivity index (χ2n) is 3.54. The van der Waals surface area contributed by atoms with E-state index in [2.05, 4.69) is 5.10 Å². The molecule has 0 spiro atoms. The summed E-state index contributed by atoms with van der Waals surface area (Å²) in [5.74, 6) is -0.179. The number of benzene rings is 1. The third-order valence-electron chi connectivity index (χ3n) is 2.30. The average molecular weight is 266 g/mol. The number of nitrogen functional groups attached to an aromatic ring is 1. The van der Waals surface area contributed by atoms with Crippen LogP contribution >= 0.6 is 11.6 Å². The molecule has 2 aromatic rings. The molecule has 1 aromatic heterocycles. The number of hydrogen-bond donors (Lipinski definition) is 1. The van der Waals surface area contributed by atoms with Crippen LogP contribution in [-0.4, -0.2) is 22.4 Å². The molecular weight excluding hydrogens is 254 g/mol. The van der Waals surface area contributed by atoms with Crippen molar-refractivity contribution >= 4 is 23.4 Å². The lowest BCUT2D eigenvalue weighted by Gasteiger charge is -2.05. The largest absolute Gasteiger partial charge is 0.461 e. The van der Waals surface area contributed by atoms with Crippen molar-refractivity contribution in [2.24, 2.45) is 0 Å². The molecule has 1 aromatic carbocycles. The topological polar surface area (TPSA) is 70.1 Å². The number of halogens is 1. The Balaban J connectivity index is 2.42. The van der Waals surface area contributed by atoms with Crippen LogP contribution in [0.25, 0.3) is 5.69 Å². The zero-order valence-electron chi connectivity index (χ0n) is 9.76. The number of rotatable bonds is 3. The van der Waals surface area contributed by atoms with E-state index >= 15 is 0 Å². The molecule has 0 bridgehead atoms. The molecule has 94 valence electrons. The molecule has 0 atom stereocenters. The Bertz CT molecular complexity index is 580. The van der Waals surface area contributed by atoms with Gasteiger partial charge in [-0.15, -0.1) is 0 Å². The van der Waals surface area contributed by atoms with Crippen molar-refractivity contribution < 1.29 is 9.53 Å². The van der Waals surface area contributed by atoms with Gasteiger partial charge in [0.05, 0.1) is 17.3 Å². The van der Waals surface area contributed by atoms with Crippen molar-refractivity contribution in [3.63, 3.8) is 0 Å². The molecule has 2 N–H and O–H groups in total. The number of carbonyl (C=O) groups excluding carboxylic acids is 1. The lowest BCUT2D eigenvalue weighted by molar-refractivity contribution is 0.0519. The Morgan fingerprint density at radius 3 is 2.89 bits per heavy atom. The van der Waals surface area contributed by atoms with Crippen LogP contribution in [0.15, 0.2) is 30.3 Å². The highest BCUT2D eigenvalue weighted by atomic mass is 35.5. The highest BCUT2D eigenvalue weighted by Crippen LogP contribution is 2.22. The van der Waals surface area contributed by atoms with E-state index in [1.165, 1.54) is 10.7 Å². The number of para-hydroxylation sites is 1. The summed E-state index contributed by atoms with van der Waals surface area (Å²) in [7, 11) is 0. The minimum Gasteiger partial charge on any atom is -0.461 e. The third-order valence-corrected chi connectivity index (χ3v) is 2.62. The van der Waals surface area contributed by atoms with Gasteiger partial charge < -0.3 is 10.5 Å². The van der Waals surface area contributed by atoms with E-state index in [1.54, 1.807) is 25.1 Å². The number of hydrogen-bond acceptors (Lipinski definition) is 4. The smallest absolute Gasteiger partial charge is 0.358 e. The SMILES string of the molecule is CCOC(=O)c1cc(N)n(-c2ccccc2Cl)n1. The van der Waals surface area contributed by atoms with Gasteiger partial charge in [0.2, 0.25) is 0 Å². The van der Waals surface area contributed by atoms with Crippen LogP contribution in [0.1, 0.15) is 17.4 Å². The van der Waals surface area contributed by atoms with Crippen molar-refractivity contribution in [3.05, 3.63) is 41.0 Å². The van der Waals surface area contributed by atoms with Crippen molar-refractivity contribution in [2.75, 3.05) is 12.3 Å². The molecule has 0 radical (unpaired) electrons. The van der Waals surface area contributed by atoms with Crippen LogP contribution in [0.2, 0.25) is 5.02 Å².